The topological polar surface area (TPSA) is 58.6 Å². The van der Waals surface area contributed by atoms with E-state index < -0.39 is 0 Å². The molecule has 1 aromatic heterocycles. The molecule has 1 unspecified atom stereocenters. The third kappa shape index (κ3) is 3.64. The van der Waals surface area contributed by atoms with Crippen LogP contribution >= 0.6 is 0 Å². The van der Waals surface area contributed by atoms with Crippen LogP contribution in [-0.2, 0) is 4.74 Å². The van der Waals surface area contributed by atoms with E-state index in [0.29, 0.717) is 25.3 Å². The maximum atomic E-state index is 13.2. The van der Waals surface area contributed by atoms with E-state index in [9.17, 15) is 9.18 Å². The summed E-state index contributed by atoms with van der Waals surface area (Å²) in [6, 6.07) is 6.80. The number of ether oxygens (including phenoxy) is 1. The van der Waals surface area contributed by atoms with Crippen LogP contribution in [0.4, 0.5) is 10.1 Å². The number of benzene rings is 1. The van der Waals surface area contributed by atoms with Crippen LogP contribution in [0.25, 0.3) is 0 Å². The SMILES string of the molecule is CN(c1ccc(F)cc1)C1COC2(CCN(C(=O)c3cncnc3)CC2)C1. The van der Waals surface area contributed by atoms with Gasteiger partial charge in [0.1, 0.15) is 12.1 Å². The molecule has 1 aromatic carbocycles. The minimum Gasteiger partial charge on any atom is -0.373 e. The second-order valence-electron chi connectivity index (χ2n) is 7.36. The molecule has 0 saturated carbocycles. The molecule has 2 fully saturated rings. The van der Waals surface area contributed by atoms with Crippen LogP contribution < -0.4 is 4.90 Å². The highest BCUT2D eigenvalue weighted by molar-refractivity contribution is 5.93. The van der Waals surface area contributed by atoms with E-state index in [1.165, 1.54) is 18.5 Å². The van der Waals surface area contributed by atoms with Crippen LogP contribution in [0.2, 0.25) is 0 Å². The van der Waals surface area contributed by atoms with Gasteiger partial charge in [0.2, 0.25) is 0 Å². The Bertz CT molecular complexity index is 791. The van der Waals surface area contributed by atoms with Crippen molar-refractivity contribution in [2.24, 2.45) is 0 Å². The summed E-state index contributed by atoms with van der Waals surface area (Å²) in [6.45, 7) is 1.98. The maximum absolute atomic E-state index is 13.2. The summed E-state index contributed by atoms with van der Waals surface area (Å²) in [4.78, 5) is 24.4. The largest absolute Gasteiger partial charge is 0.373 e. The van der Waals surface area contributed by atoms with E-state index in [4.69, 9.17) is 4.74 Å². The smallest absolute Gasteiger partial charge is 0.256 e. The standard InChI is InChI=1S/C20H23FN4O2/c1-24(17-4-2-16(21)3-5-17)18-10-20(27-13-18)6-8-25(9-7-20)19(26)15-11-22-14-23-12-15/h2-5,11-12,14,18H,6-10,13H2,1H3. The van der Waals surface area contributed by atoms with Gasteiger partial charge in [0.05, 0.1) is 23.8 Å². The molecule has 2 aliphatic heterocycles. The molecule has 1 spiro atoms. The van der Waals surface area contributed by atoms with Crippen molar-refractivity contribution in [3.8, 4) is 0 Å². The van der Waals surface area contributed by atoms with Crippen LogP contribution in [0, 0.1) is 5.82 Å². The third-order valence-corrected chi connectivity index (χ3v) is 5.74. The highest BCUT2D eigenvalue weighted by Gasteiger charge is 2.44. The Balaban J connectivity index is 1.36. The van der Waals surface area contributed by atoms with Crippen molar-refractivity contribution in [1.82, 2.24) is 14.9 Å². The maximum Gasteiger partial charge on any atom is 0.256 e. The fourth-order valence-corrected chi connectivity index (χ4v) is 4.01. The highest BCUT2D eigenvalue weighted by atomic mass is 19.1. The van der Waals surface area contributed by atoms with Gasteiger partial charge in [-0.15, -0.1) is 0 Å². The molecule has 2 aliphatic rings. The Hall–Kier alpha value is -2.54. The monoisotopic (exact) mass is 370 g/mol. The Kier molecular flexibility index (Phi) is 4.78. The van der Waals surface area contributed by atoms with Gasteiger partial charge in [-0.3, -0.25) is 4.79 Å². The minimum absolute atomic E-state index is 0.0246. The van der Waals surface area contributed by atoms with Crippen molar-refractivity contribution in [2.75, 3.05) is 31.6 Å². The number of carbonyl (C=O) groups excluding carboxylic acids is 1. The lowest BCUT2D eigenvalue weighted by molar-refractivity contribution is -0.0388. The van der Waals surface area contributed by atoms with Gasteiger partial charge >= 0.3 is 0 Å². The molecule has 1 atom stereocenters. The van der Waals surface area contributed by atoms with E-state index in [0.717, 1.165) is 24.9 Å². The molecule has 7 heteroatoms. The first-order chi connectivity index (χ1) is 13.1. The molecule has 2 aromatic rings. The minimum atomic E-state index is -0.229. The van der Waals surface area contributed by atoms with Crippen molar-refractivity contribution < 1.29 is 13.9 Å². The zero-order valence-electron chi connectivity index (χ0n) is 15.3. The van der Waals surface area contributed by atoms with Gasteiger partial charge in [0.25, 0.3) is 5.91 Å². The fraction of sp³-hybridized carbons (Fsp3) is 0.450. The molecule has 3 heterocycles. The number of likely N-dealkylation sites (N-methyl/N-ethyl adjacent to an activating group) is 1. The second-order valence-corrected chi connectivity index (χ2v) is 7.36. The molecule has 0 aliphatic carbocycles. The Morgan fingerprint density at radius 1 is 1.22 bits per heavy atom. The predicted molar refractivity (Wildman–Crippen MR) is 99.1 cm³/mol. The van der Waals surface area contributed by atoms with E-state index in [1.54, 1.807) is 24.5 Å². The molecule has 6 nitrogen and oxygen atoms in total. The first-order valence-electron chi connectivity index (χ1n) is 9.23. The van der Waals surface area contributed by atoms with Crippen molar-refractivity contribution in [1.29, 1.82) is 0 Å². The lowest BCUT2D eigenvalue weighted by Gasteiger charge is -2.39. The lowest BCUT2D eigenvalue weighted by atomic mass is 9.87. The number of carbonyl (C=O) groups is 1. The first-order valence-corrected chi connectivity index (χ1v) is 9.23. The number of amides is 1. The highest BCUT2D eigenvalue weighted by Crippen LogP contribution is 2.38. The summed E-state index contributed by atoms with van der Waals surface area (Å²) in [5.41, 5.74) is 1.33. The second kappa shape index (κ2) is 7.23. The number of aromatic nitrogens is 2. The molecule has 0 bridgehead atoms. The van der Waals surface area contributed by atoms with Crippen LogP contribution in [0.3, 0.4) is 0 Å². The molecule has 142 valence electrons. The van der Waals surface area contributed by atoms with Crippen molar-refractivity contribution in [3.63, 3.8) is 0 Å². The Morgan fingerprint density at radius 3 is 2.56 bits per heavy atom. The van der Waals surface area contributed by atoms with Crippen molar-refractivity contribution >= 4 is 11.6 Å². The van der Waals surface area contributed by atoms with Gasteiger partial charge in [0, 0.05) is 38.2 Å². The summed E-state index contributed by atoms with van der Waals surface area (Å²) in [5, 5.41) is 0. The molecular formula is C20H23FN4O2. The van der Waals surface area contributed by atoms with Crippen molar-refractivity contribution in [2.45, 2.75) is 30.9 Å². The lowest BCUT2D eigenvalue weighted by Crippen LogP contribution is -2.47. The molecular weight excluding hydrogens is 347 g/mol. The fourth-order valence-electron chi connectivity index (χ4n) is 4.01. The summed E-state index contributed by atoms with van der Waals surface area (Å²) < 4.78 is 19.4. The number of piperidine rings is 1. The Morgan fingerprint density at radius 2 is 1.89 bits per heavy atom. The summed E-state index contributed by atoms with van der Waals surface area (Å²) >= 11 is 0. The molecule has 1 amide bonds. The number of likely N-dealkylation sites (tertiary alicyclic amines) is 1. The van der Waals surface area contributed by atoms with E-state index >= 15 is 0 Å². The number of halogens is 1. The average Bonchev–Trinajstić information content (AvgIpc) is 3.12. The van der Waals surface area contributed by atoms with Gasteiger partial charge in [-0.25, -0.2) is 14.4 Å². The van der Waals surface area contributed by atoms with Gasteiger partial charge in [-0.1, -0.05) is 0 Å². The molecule has 27 heavy (non-hydrogen) atoms. The van der Waals surface area contributed by atoms with E-state index in [-0.39, 0.29) is 23.4 Å². The van der Waals surface area contributed by atoms with Crippen LogP contribution in [0.5, 0.6) is 0 Å². The Labute approximate surface area is 158 Å². The molecule has 2 saturated heterocycles. The average molecular weight is 370 g/mol. The number of nitrogens with zero attached hydrogens (tertiary/aromatic N) is 4. The molecule has 0 N–H and O–H groups in total. The van der Waals surface area contributed by atoms with Gasteiger partial charge in [-0.2, -0.15) is 0 Å². The quantitative estimate of drug-likeness (QED) is 0.831. The third-order valence-electron chi connectivity index (χ3n) is 5.74. The number of anilines is 1. The molecule has 0 radical (unpaired) electrons. The van der Waals surface area contributed by atoms with Gasteiger partial charge < -0.3 is 14.5 Å². The number of rotatable bonds is 3. The summed E-state index contributed by atoms with van der Waals surface area (Å²) in [7, 11) is 2.02. The zero-order valence-corrected chi connectivity index (χ0v) is 15.3. The van der Waals surface area contributed by atoms with Gasteiger partial charge in [-0.05, 0) is 43.5 Å². The predicted octanol–water partition coefficient (Wildman–Crippen LogP) is 2.52. The molecule has 4 rings (SSSR count). The van der Waals surface area contributed by atoms with Crippen molar-refractivity contribution in [3.05, 3.63) is 54.4 Å². The van der Waals surface area contributed by atoms with Crippen LogP contribution in [0.15, 0.2) is 43.0 Å². The zero-order chi connectivity index (χ0) is 18.9. The van der Waals surface area contributed by atoms with Crippen LogP contribution in [-0.4, -0.2) is 59.2 Å². The van der Waals surface area contributed by atoms with Gasteiger partial charge in [0.15, 0.2) is 0 Å². The summed E-state index contributed by atoms with van der Waals surface area (Å²) in [6.07, 6.45) is 7.09. The summed E-state index contributed by atoms with van der Waals surface area (Å²) in [5.74, 6) is -0.254. The van der Waals surface area contributed by atoms with Crippen LogP contribution in [0.1, 0.15) is 29.6 Å². The van der Waals surface area contributed by atoms with E-state index in [2.05, 4.69) is 14.9 Å². The normalized spacial score (nSPS) is 21.4. The number of hydrogen-bond donors (Lipinski definition) is 0. The first kappa shape index (κ1) is 17.9. The van der Waals surface area contributed by atoms with E-state index in [1.807, 2.05) is 11.9 Å². The number of hydrogen-bond acceptors (Lipinski definition) is 5.